The van der Waals surface area contributed by atoms with E-state index in [2.05, 4.69) is 52.9 Å². The number of fused-ring (bicyclic) bond motifs is 1. The second-order valence-corrected chi connectivity index (χ2v) is 6.99. The summed E-state index contributed by atoms with van der Waals surface area (Å²) in [4.78, 5) is 4.29. The van der Waals surface area contributed by atoms with Crippen LogP contribution in [0.15, 0.2) is 53.5 Å². The third-order valence-electron chi connectivity index (χ3n) is 4.93. The summed E-state index contributed by atoms with van der Waals surface area (Å²) >= 11 is 0. The van der Waals surface area contributed by atoms with Crippen LogP contribution in [0.5, 0.6) is 5.75 Å². The van der Waals surface area contributed by atoms with Gasteiger partial charge in [0.15, 0.2) is 5.96 Å². The van der Waals surface area contributed by atoms with Crippen LogP contribution in [0.3, 0.4) is 0 Å². The number of guanidine groups is 1. The maximum atomic E-state index is 5.91. The lowest BCUT2D eigenvalue weighted by Gasteiger charge is -2.15. The number of hydrogen-bond acceptors (Lipinski definition) is 3. The first-order valence-corrected chi connectivity index (χ1v) is 10.1. The minimum atomic E-state index is 0.122. The third-order valence-corrected chi connectivity index (χ3v) is 4.93. The van der Waals surface area contributed by atoms with Crippen molar-refractivity contribution in [2.45, 2.75) is 32.3 Å². The first kappa shape index (κ1) is 20.2. The maximum Gasteiger partial charge on any atom is 0.190 e. The van der Waals surface area contributed by atoms with Crippen LogP contribution in [-0.4, -0.2) is 39.3 Å². The van der Waals surface area contributed by atoms with Crippen molar-refractivity contribution in [3.05, 3.63) is 65.2 Å². The molecule has 0 aromatic heterocycles. The summed E-state index contributed by atoms with van der Waals surface area (Å²) in [6.45, 7) is 5.30. The minimum Gasteiger partial charge on any atom is -0.493 e. The zero-order valence-electron chi connectivity index (χ0n) is 16.9. The lowest BCUT2D eigenvalue weighted by atomic mass is 10.1. The van der Waals surface area contributed by atoms with Gasteiger partial charge in [0, 0.05) is 33.2 Å². The maximum absolute atomic E-state index is 5.91. The van der Waals surface area contributed by atoms with Gasteiger partial charge >= 0.3 is 0 Å². The van der Waals surface area contributed by atoms with Crippen molar-refractivity contribution in [2.24, 2.45) is 4.99 Å². The van der Waals surface area contributed by atoms with Gasteiger partial charge in [-0.25, -0.2) is 0 Å². The van der Waals surface area contributed by atoms with Crippen LogP contribution in [0.25, 0.3) is 0 Å². The predicted molar refractivity (Wildman–Crippen MR) is 114 cm³/mol. The topological polar surface area (TPSA) is 54.9 Å². The zero-order valence-corrected chi connectivity index (χ0v) is 16.9. The smallest absolute Gasteiger partial charge is 0.190 e. The van der Waals surface area contributed by atoms with Gasteiger partial charge < -0.3 is 20.1 Å². The summed E-state index contributed by atoms with van der Waals surface area (Å²) in [5, 5.41) is 6.73. The molecule has 0 spiro atoms. The van der Waals surface area contributed by atoms with E-state index in [0.717, 1.165) is 57.3 Å². The molecule has 3 rings (SSSR count). The Hall–Kier alpha value is -2.53. The number of benzene rings is 2. The molecule has 150 valence electrons. The van der Waals surface area contributed by atoms with Crippen LogP contribution >= 0.6 is 0 Å². The summed E-state index contributed by atoms with van der Waals surface area (Å²) in [6, 6.07) is 16.8. The van der Waals surface area contributed by atoms with Crippen LogP contribution in [0.1, 0.15) is 36.1 Å². The molecule has 0 amide bonds. The molecule has 2 aromatic carbocycles. The minimum absolute atomic E-state index is 0.122. The van der Waals surface area contributed by atoms with Gasteiger partial charge in [-0.1, -0.05) is 42.5 Å². The molecule has 2 aromatic rings. The molecule has 1 atom stereocenters. The van der Waals surface area contributed by atoms with Crippen LogP contribution < -0.4 is 15.4 Å². The lowest BCUT2D eigenvalue weighted by Crippen LogP contribution is -2.39. The number of hydrogen-bond donors (Lipinski definition) is 2. The Morgan fingerprint density at radius 1 is 1.14 bits per heavy atom. The second kappa shape index (κ2) is 10.7. The van der Waals surface area contributed by atoms with Crippen molar-refractivity contribution < 1.29 is 9.47 Å². The highest BCUT2D eigenvalue weighted by atomic mass is 16.5. The highest BCUT2D eigenvalue weighted by Crippen LogP contribution is 2.25. The summed E-state index contributed by atoms with van der Waals surface area (Å²) in [6.07, 6.45) is 3.04. The van der Waals surface area contributed by atoms with Crippen molar-refractivity contribution in [3.63, 3.8) is 0 Å². The van der Waals surface area contributed by atoms with Crippen LogP contribution in [0, 0.1) is 0 Å². The lowest BCUT2D eigenvalue weighted by molar-refractivity contribution is 0.0646. The molecule has 0 saturated heterocycles. The summed E-state index contributed by atoms with van der Waals surface area (Å²) in [5.41, 5.74) is 3.87. The van der Waals surface area contributed by atoms with Crippen molar-refractivity contribution in [2.75, 3.05) is 33.4 Å². The van der Waals surface area contributed by atoms with Gasteiger partial charge in [-0.15, -0.1) is 0 Å². The van der Waals surface area contributed by atoms with Crippen molar-refractivity contribution in [1.29, 1.82) is 0 Å². The van der Waals surface area contributed by atoms with E-state index < -0.39 is 0 Å². The van der Waals surface area contributed by atoms with Gasteiger partial charge in [0.2, 0.25) is 0 Å². The number of aliphatic imine (C=N–C) groups is 1. The fraction of sp³-hybridized carbons (Fsp3) is 0.435. The van der Waals surface area contributed by atoms with E-state index in [9.17, 15) is 0 Å². The first-order valence-electron chi connectivity index (χ1n) is 10.1. The standard InChI is InChI=1S/C23H31N3O2/c1-18(20-7-4-3-5-8-20)27-15-6-13-25-23(24-2)26-14-11-19-9-10-22-21(17-19)12-16-28-22/h3-5,7-10,17-18H,6,11-16H2,1-2H3,(H2,24,25,26). The Labute approximate surface area is 168 Å². The third kappa shape index (κ3) is 5.99. The molecule has 0 radical (unpaired) electrons. The number of nitrogens with one attached hydrogen (secondary N) is 2. The predicted octanol–water partition coefficient (Wildman–Crippen LogP) is 3.50. The molecular formula is C23H31N3O2. The van der Waals surface area contributed by atoms with Gasteiger partial charge in [0.05, 0.1) is 12.7 Å². The molecule has 1 aliphatic heterocycles. The van der Waals surface area contributed by atoms with Gasteiger partial charge in [0.25, 0.3) is 0 Å². The Kier molecular flexibility index (Phi) is 7.73. The van der Waals surface area contributed by atoms with Crippen molar-refractivity contribution in [1.82, 2.24) is 10.6 Å². The Morgan fingerprint density at radius 3 is 2.79 bits per heavy atom. The second-order valence-electron chi connectivity index (χ2n) is 6.99. The van der Waals surface area contributed by atoms with Crippen molar-refractivity contribution >= 4 is 5.96 Å². The van der Waals surface area contributed by atoms with E-state index in [-0.39, 0.29) is 6.10 Å². The number of rotatable bonds is 9. The molecule has 0 saturated carbocycles. The summed E-state index contributed by atoms with van der Waals surface area (Å²) in [5.74, 6) is 1.87. The molecule has 5 heteroatoms. The normalized spacial score (nSPS) is 14.3. The summed E-state index contributed by atoms with van der Waals surface area (Å²) in [7, 11) is 1.80. The number of ether oxygens (including phenoxy) is 2. The van der Waals surface area contributed by atoms with E-state index in [4.69, 9.17) is 9.47 Å². The monoisotopic (exact) mass is 381 g/mol. The molecule has 0 fully saturated rings. The largest absolute Gasteiger partial charge is 0.493 e. The van der Waals surface area contributed by atoms with Crippen molar-refractivity contribution in [3.8, 4) is 5.75 Å². The average molecular weight is 382 g/mol. The molecule has 1 aliphatic rings. The zero-order chi connectivity index (χ0) is 19.6. The van der Waals surface area contributed by atoms with Gasteiger partial charge in [-0.3, -0.25) is 4.99 Å². The van der Waals surface area contributed by atoms with Crippen LogP contribution in [-0.2, 0) is 17.6 Å². The Morgan fingerprint density at radius 2 is 1.96 bits per heavy atom. The van der Waals surface area contributed by atoms with Gasteiger partial charge in [-0.2, -0.15) is 0 Å². The molecule has 28 heavy (non-hydrogen) atoms. The van der Waals surface area contributed by atoms with Gasteiger partial charge in [-0.05, 0) is 42.5 Å². The molecule has 5 nitrogen and oxygen atoms in total. The van der Waals surface area contributed by atoms with Crippen LogP contribution in [0.4, 0.5) is 0 Å². The van der Waals surface area contributed by atoms with E-state index in [1.807, 2.05) is 18.2 Å². The first-order chi connectivity index (χ1) is 13.8. The quantitative estimate of drug-likeness (QED) is 0.397. The van der Waals surface area contributed by atoms with Crippen LogP contribution in [0.2, 0.25) is 0 Å². The van der Waals surface area contributed by atoms with Gasteiger partial charge in [0.1, 0.15) is 5.75 Å². The SMILES string of the molecule is CN=C(NCCCOC(C)c1ccccc1)NCCc1ccc2c(c1)CCO2. The van der Waals surface area contributed by atoms with E-state index in [1.165, 1.54) is 16.7 Å². The molecular weight excluding hydrogens is 350 g/mol. The molecule has 1 unspecified atom stereocenters. The van der Waals surface area contributed by atoms with E-state index in [0.29, 0.717) is 0 Å². The van der Waals surface area contributed by atoms with E-state index in [1.54, 1.807) is 7.05 Å². The average Bonchev–Trinajstić information content (AvgIpc) is 3.20. The Bertz CT molecular complexity index is 762. The molecule has 0 aliphatic carbocycles. The van der Waals surface area contributed by atoms with E-state index >= 15 is 0 Å². The fourth-order valence-electron chi connectivity index (χ4n) is 3.30. The number of nitrogens with zero attached hydrogens (tertiary/aromatic N) is 1. The Balaban J connectivity index is 1.29. The molecule has 1 heterocycles. The summed E-state index contributed by atoms with van der Waals surface area (Å²) < 4.78 is 11.5. The molecule has 2 N–H and O–H groups in total. The highest BCUT2D eigenvalue weighted by Gasteiger charge is 2.11. The molecule has 0 bridgehead atoms. The fourth-order valence-corrected chi connectivity index (χ4v) is 3.30. The highest BCUT2D eigenvalue weighted by molar-refractivity contribution is 5.79.